The van der Waals surface area contributed by atoms with Gasteiger partial charge >= 0.3 is 6.18 Å². The standard InChI is InChI=1S/C20H21F3N4S2/c21-20(22,23)16-8-4-10-25(13-16)14-27-19(28)26(12-15-6-2-1-3-7-15)18(24-27)17-9-5-11-29-17/h1-3,5-7,9,11,16H,4,8,10,12-14H2. The van der Waals surface area contributed by atoms with E-state index in [0.717, 1.165) is 16.3 Å². The van der Waals surface area contributed by atoms with E-state index in [1.807, 2.05) is 52.4 Å². The number of hydrogen-bond donors (Lipinski definition) is 0. The van der Waals surface area contributed by atoms with Crippen LogP contribution >= 0.6 is 23.6 Å². The van der Waals surface area contributed by atoms with E-state index in [9.17, 15) is 13.2 Å². The summed E-state index contributed by atoms with van der Waals surface area (Å²) < 4.78 is 43.6. The monoisotopic (exact) mass is 438 g/mol. The van der Waals surface area contributed by atoms with E-state index < -0.39 is 12.1 Å². The Kier molecular flexibility index (Phi) is 5.89. The van der Waals surface area contributed by atoms with Gasteiger partial charge in [-0.25, -0.2) is 4.68 Å². The van der Waals surface area contributed by atoms with E-state index in [0.29, 0.717) is 24.3 Å². The minimum atomic E-state index is -4.16. The second-order valence-corrected chi connectivity index (χ2v) is 8.57. The first-order valence-corrected chi connectivity index (χ1v) is 10.7. The molecule has 3 heterocycles. The summed E-state index contributed by atoms with van der Waals surface area (Å²) in [4.78, 5) is 2.78. The zero-order valence-electron chi connectivity index (χ0n) is 15.7. The lowest BCUT2D eigenvalue weighted by Crippen LogP contribution is -2.42. The van der Waals surface area contributed by atoms with Gasteiger partial charge in [0.15, 0.2) is 10.6 Å². The Balaban J connectivity index is 1.62. The molecule has 154 valence electrons. The van der Waals surface area contributed by atoms with Gasteiger partial charge in [0.05, 0.1) is 24.0 Å². The molecule has 29 heavy (non-hydrogen) atoms. The molecule has 1 aromatic carbocycles. The number of alkyl halides is 3. The van der Waals surface area contributed by atoms with Gasteiger partial charge in [-0.05, 0) is 48.6 Å². The van der Waals surface area contributed by atoms with Crippen molar-refractivity contribution in [3.05, 3.63) is 58.2 Å². The molecule has 4 nitrogen and oxygen atoms in total. The molecule has 4 rings (SSSR count). The van der Waals surface area contributed by atoms with E-state index in [2.05, 4.69) is 0 Å². The van der Waals surface area contributed by atoms with E-state index in [-0.39, 0.29) is 19.6 Å². The van der Waals surface area contributed by atoms with Crippen LogP contribution in [0.2, 0.25) is 0 Å². The van der Waals surface area contributed by atoms with Gasteiger partial charge in [0.2, 0.25) is 0 Å². The number of thiophene rings is 1. The van der Waals surface area contributed by atoms with E-state index in [4.69, 9.17) is 17.3 Å². The number of nitrogens with zero attached hydrogens (tertiary/aromatic N) is 4. The fraction of sp³-hybridized carbons (Fsp3) is 0.400. The first-order valence-electron chi connectivity index (χ1n) is 9.46. The van der Waals surface area contributed by atoms with Crippen molar-refractivity contribution in [3.8, 4) is 10.7 Å². The number of piperidine rings is 1. The molecule has 1 atom stereocenters. The van der Waals surface area contributed by atoms with Gasteiger partial charge in [-0.1, -0.05) is 36.4 Å². The van der Waals surface area contributed by atoms with Gasteiger partial charge in [-0.3, -0.25) is 9.47 Å². The van der Waals surface area contributed by atoms with E-state index in [1.54, 1.807) is 20.9 Å². The highest BCUT2D eigenvalue weighted by atomic mass is 32.1. The van der Waals surface area contributed by atoms with Crippen LogP contribution in [-0.2, 0) is 13.2 Å². The summed E-state index contributed by atoms with van der Waals surface area (Å²) in [7, 11) is 0. The first-order chi connectivity index (χ1) is 13.9. The summed E-state index contributed by atoms with van der Waals surface area (Å²) in [5.41, 5.74) is 1.09. The molecule has 0 saturated carbocycles. The summed E-state index contributed by atoms with van der Waals surface area (Å²) in [6.07, 6.45) is -3.44. The Morgan fingerprint density at radius 3 is 2.62 bits per heavy atom. The maximum absolute atomic E-state index is 13.2. The average molecular weight is 439 g/mol. The molecule has 0 spiro atoms. The predicted molar refractivity (Wildman–Crippen MR) is 110 cm³/mol. The van der Waals surface area contributed by atoms with Crippen molar-refractivity contribution in [2.75, 3.05) is 13.1 Å². The van der Waals surface area contributed by atoms with Crippen LogP contribution in [-0.4, -0.2) is 38.5 Å². The highest BCUT2D eigenvalue weighted by Gasteiger charge is 2.41. The summed E-state index contributed by atoms with van der Waals surface area (Å²) in [6, 6.07) is 13.9. The maximum Gasteiger partial charge on any atom is 0.393 e. The van der Waals surface area contributed by atoms with Gasteiger partial charge in [0.1, 0.15) is 0 Å². The van der Waals surface area contributed by atoms with Crippen molar-refractivity contribution in [2.24, 2.45) is 5.92 Å². The molecule has 0 N–H and O–H groups in total. The quantitative estimate of drug-likeness (QED) is 0.498. The molecule has 1 aliphatic rings. The third kappa shape index (κ3) is 4.62. The highest BCUT2D eigenvalue weighted by molar-refractivity contribution is 7.71. The third-order valence-electron chi connectivity index (χ3n) is 5.15. The van der Waals surface area contributed by atoms with Crippen molar-refractivity contribution in [1.82, 2.24) is 19.2 Å². The molecule has 1 fully saturated rings. The number of rotatable bonds is 5. The second-order valence-electron chi connectivity index (χ2n) is 7.25. The molecule has 2 aromatic heterocycles. The van der Waals surface area contributed by atoms with E-state index >= 15 is 0 Å². The van der Waals surface area contributed by atoms with Crippen LogP contribution in [0.3, 0.4) is 0 Å². The molecular weight excluding hydrogens is 417 g/mol. The normalized spacial score (nSPS) is 18.2. The molecule has 0 aliphatic carbocycles. The largest absolute Gasteiger partial charge is 0.393 e. The van der Waals surface area contributed by atoms with Crippen molar-refractivity contribution in [3.63, 3.8) is 0 Å². The molecule has 3 aromatic rings. The van der Waals surface area contributed by atoms with Crippen LogP contribution in [0.25, 0.3) is 10.7 Å². The highest BCUT2D eigenvalue weighted by Crippen LogP contribution is 2.33. The second kappa shape index (κ2) is 8.41. The van der Waals surface area contributed by atoms with Gasteiger partial charge in [-0.15, -0.1) is 16.4 Å². The topological polar surface area (TPSA) is 26.0 Å². The predicted octanol–water partition coefficient (Wildman–Crippen LogP) is 5.42. The Labute approximate surface area is 176 Å². The van der Waals surface area contributed by atoms with Gasteiger partial charge in [0.25, 0.3) is 0 Å². The van der Waals surface area contributed by atoms with Crippen LogP contribution in [0.5, 0.6) is 0 Å². The van der Waals surface area contributed by atoms with Gasteiger partial charge in [-0.2, -0.15) is 13.2 Å². The molecule has 0 amide bonds. The lowest BCUT2D eigenvalue weighted by molar-refractivity contribution is -0.188. The fourth-order valence-electron chi connectivity index (χ4n) is 3.67. The zero-order chi connectivity index (χ0) is 20.4. The average Bonchev–Trinajstić information content (AvgIpc) is 3.33. The summed E-state index contributed by atoms with van der Waals surface area (Å²) in [6.45, 7) is 1.45. The minimum absolute atomic E-state index is 0.00878. The third-order valence-corrected chi connectivity index (χ3v) is 6.45. The van der Waals surface area contributed by atoms with Gasteiger partial charge < -0.3 is 0 Å². The van der Waals surface area contributed by atoms with Crippen LogP contribution in [0.15, 0.2) is 47.8 Å². The zero-order valence-corrected chi connectivity index (χ0v) is 17.3. The summed E-state index contributed by atoms with van der Waals surface area (Å²) in [5.74, 6) is -0.535. The molecule has 0 bridgehead atoms. The Morgan fingerprint density at radius 1 is 1.14 bits per heavy atom. The molecule has 9 heteroatoms. The van der Waals surface area contributed by atoms with Crippen molar-refractivity contribution >= 4 is 23.6 Å². The Morgan fingerprint density at radius 2 is 1.93 bits per heavy atom. The summed E-state index contributed by atoms with van der Waals surface area (Å²) >= 11 is 7.24. The SMILES string of the molecule is FC(F)(F)C1CCCN(Cn2nc(-c3cccs3)n(Cc3ccccc3)c2=S)C1. The molecular formula is C20H21F3N4S2. The number of aromatic nitrogens is 3. The van der Waals surface area contributed by atoms with Crippen LogP contribution in [0.1, 0.15) is 18.4 Å². The number of halogens is 3. The van der Waals surface area contributed by atoms with Gasteiger partial charge in [0, 0.05) is 6.54 Å². The van der Waals surface area contributed by atoms with Crippen LogP contribution < -0.4 is 0 Å². The Hall–Kier alpha value is -1.97. The smallest absolute Gasteiger partial charge is 0.295 e. The van der Waals surface area contributed by atoms with E-state index in [1.165, 1.54) is 0 Å². The minimum Gasteiger partial charge on any atom is -0.295 e. The number of likely N-dealkylation sites (tertiary alicyclic amines) is 1. The maximum atomic E-state index is 13.2. The number of hydrogen-bond acceptors (Lipinski definition) is 4. The summed E-state index contributed by atoms with van der Waals surface area (Å²) in [5, 5.41) is 6.67. The lowest BCUT2D eigenvalue weighted by Gasteiger charge is -2.33. The molecule has 1 aliphatic heterocycles. The van der Waals surface area contributed by atoms with Crippen molar-refractivity contribution in [1.29, 1.82) is 0 Å². The van der Waals surface area contributed by atoms with Crippen molar-refractivity contribution in [2.45, 2.75) is 32.2 Å². The molecule has 1 unspecified atom stereocenters. The van der Waals surface area contributed by atoms with Crippen LogP contribution in [0.4, 0.5) is 13.2 Å². The lowest BCUT2D eigenvalue weighted by atomic mass is 9.98. The molecule has 1 saturated heterocycles. The fourth-order valence-corrected chi connectivity index (χ4v) is 4.64. The number of benzene rings is 1. The Bertz CT molecular complexity index is 993. The first kappa shape index (κ1) is 20.3. The molecule has 0 radical (unpaired) electrons. The van der Waals surface area contributed by atoms with Crippen LogP contribution in [0, 0.1) is 10.7 Å². The van der Waals surface area contributed by atoms with Crippen molar-refractivity contribution < 1.29 is 13.2 Å².